The summed E-state index contributed by atoms with van der Waals surface area (Å²) in [5.74, 6) is -1.31. The van der Waals surface area contributed by atoms with E-state index in [0.717, 1.165) is 0 Å². The van der Waals surface area contributed by atoms with Gasteiger partial charge in [-0.2, -0.15) is 0 Å². The van der Waals surface area contributed by atoms with Crippen LogP contribution < -0.4 is 10.6 Å². The van der Waals surface area contributed by atoms with Crippen molar-refractivity contribution in [2.24, 2.45) is 5.92 Å². The van der Waals surface area contributed by atoms with E-state index >= 15 is 0 Å². The molecule has 8 nitrogen and oxygen atoms in total. The maximum Gasteiger partial charge on any atom is 0.328 e. The number of esters is 1. The van der Waals surface area contributed by atoms with E-state index < -0.39 is 12.0 Å². The molecule has 2 atom stereocenters. The number of carbonyl (C=O) groups excluding carboxylic acids is 4. The number of hydrogen-bond donors (Lipinski definition) is 2. The highest BCUT2D eigenvalue weighted by Gasteiger charge is 2.47. The molecule has 0 bridgehead atoms. The first-order valence-corrected chi connectivity index (χ1v) is 8.19. The third-order valence-corrected chi connectivity index (χ3v) is 4.95. The molecule has 24 heavy (non-hydrogen) atoms. The Balaban J connectivity index is 2.00. The molecule has 8 heteroatoms. The van der Waals surface area contributed by atoms with Crippen molar-refractivity contribution in [1.82, 2.24) is 15.5 Å². The Hall–Kier alpha value is -2.12. The Morgan fingerprint density at radius 1 is 1.33 bits per heavy atom. The molecule has 0 radical (unpaired) electrons. The second kappa shape index (κ2) is 7.19. The highest BCUT2D eigenvalue weighted by atomic mass is 16.5. The highest BCUT2D eigenvalue weighted by molar-refractivity contribution is 5.86. The van der Waals surface area contributed by atoms with E-state index in [4.69, 9.17) is 4.74 Å². The van der Waals surface area contributed by atoms with Crippen LogP contribution in [0.1, 0.15) is 39.5 Å². The molecule has 0 aromatic rings. The lowest BCUT2D eigenvalue weighted by Crippen LogP contribution is -2.51. The van der Waals surface area contributed by atoms with Gasteiger partial charge in [-0.05, 0) is 25.7 Å². The molecule has 2 unspecified atom stereocenters. The number of ether oxygens (including phenoxy) is 1. The van der Waals surface area contributed by atoms with Crippen molar-refractivity contribution in [2.45, 2.75) is 51.1 Å². The number of nitrogens with zero attached hydrogens (tertiary/aromatic N) is 1. The molecule has 0 aromatic heterocycles. The molecule has 0 aliphatic carbocycles. The van der Waals surface area contributed by atoms with Crippen LogP contribution in [0.25, 0.3) is 0 Å². The Bertz CT molecular complexity index is 540. The quantitative estimate of drug-likeness (QED) is 0.677. The first kappa shape index (κ1) is 18.2. The minimum absolute atomic E-state index is 0.0436. The SMILES string of the molecule is COC(=O)C(CC1CC2(CCN(C(C)=O)CC2)NC1=O)NC(C)=O. The topological polar surface area (TPSA) is 105 Å². The molecule has 0 aromatic carbocycles. The maximum absolute atomic E-state index is 12.3. The van der Waals surface area contributed by atoms with Crippen LogP contribution >= 0.6 is 0 Å². The van der Waals surface area contributed by atoms with E-state index in [1.54, 1.807) is 11.8 Å². The molecule has 2 saturated heterocycles. The summed E-state index contributed by atoms with van der Waals surface area (Å²) >= 11 is 0. The van der Waals surface area contributed by atoms with Crippen molar-refractivity contribution in [3.8, 4) is 0 Å². The second-order valence-corrected chi connectivity index (χ2v) is 6.69. The molecule has 134 valence electrons. The molecule has 2 fully saturated rings. The number of carbonyl (C=O) groups is 4. The maximum atomic E-state index is 12.3. The zero-order valence-corrected chi connectivity index (χ0v) is 14.4. The smallest absolute Gasteiger partial charge is 0.328 e. The molecule has 3 amide bonds. The average Bonchev–Trinajstić information content (AvgIpc) is 2.81. The van der Waals surface area contributed by atoms with Crippen molar-refractivity contribution >= 4 is 23.7 Å². The van der Waals surface area contributed by atoms with Crippen molar-refractivity contribution in [2.75, 3.05) is 20.2 Å². The van der Waals surface area contributed by atoms with E-state index in [9.17, 15) is 19.2 Å². The van der Waals surface area contributed by atoms with Gasteiger partial charge in [-0.15, -0.1) is 0 Å². The van der Waals surface area contributed by atoms with Gasteiger partial charge in [0.15, 0.2) is 0 Å². The van der Waals surface area contributed by atoms with Gasteiger partial charge in [0.1, 0.15) is 6.04 Å². The lowest BCUT2D eigenvalue weighted by atomic mass is 9.82. The normalized spacial score (nSPS) is 23.5. The average molecular weight is 339 g/mol. The molecular formula is C16H25N3O5. The first-order valence-electron chi connectivity index (χ1n) is 8.19. The summed E-state index contributed by atoms with van der Waals surface area (Å²) in [6.07, 6.45) is 2.23. The standard InChI is InChI=1S/C16H25N3O5/c1-10(20)17-13(15(23)24-3)8-12-9-16(18-14(12)22)4-6-19(7-5-16)11(2)21/h12-13H,4-9H2,1-3H3,(H,17,20)(H,18,22). The summed E-state index contributed by atoms with van der Waals surface area (Å²) in [6.45, 7) is 4.11. The van der Waals surface area contributed by atoms with E-state index in [0.29, 0.717) is 32.4 Å². The number of likely N-dealkylation sites (tertiary alicyclic amines) is 1. The van der Waals surface area contributed by atoms with Crippen LogP contribution in [0.4, 0.5) is 0 Å². The van der Waals surface area contributed by atoms with Gasteiger partial charge < -0.3 is 20.3 Å². The molecule has 1 spiro atoms. The van der Waals surface area contributed by atoms with Gasteiger partial charge in [-0.3, -0.25) is 14.4 Å². The number of rotatable bonds is 4. The first-order chi connectivity index (χ1) is 11.3. The van der Waals surface area contributed by atoms with Gasteiger partial charge in [0, 0.05) is 38.4 Å². The second-order valence-electron chi connectivity index (χ2n) is 6.69. The lowest BCUT2D eigenvalue weighted by molar-refractivity contribution is -0.145. The summed E-state index contributed by atoms with van der Waals surface area (Å²) < 4.78 is 4.71. The van der Waals surface area contributed by atoms with Crippen LogP contribution in [0.2, 0.25) is 0 Å². The minimum Gasteiger partial charge on any atom is -0.467 e. The van der Waals surface area contributed by atoms with Crippen molar-refractivity contribution in [1.29, 1.82) is 0 Å². The van der Waals surface area contributed by atoms with Gasteiger partial charge in [0.25, 0.3) is 0 Å². The van der Waals surface area contributed by atoms with Crippen LogP contribution in [0.15, 0.2) is 0 Å². The summed E-state index contributed by atoms with van der Waals surface area (Å²) in [7, 11) is 1.25. The summed E-state index contributed by atoms with van der Waals surface area (Å²) in [5, 5.41) is 5.60. The fourth-order valence-electron chi connectivity index (χ4n) is 3.63. The molecular weight excluding hydrogens is 314 g/mol. The third kappa shape index (κ3) is 4.04. The predicted molar refractivity (Wildman–Crippen MR) is 84.7 cm³/mol. The van der Waals surface area contributed by atoms with Crippen molar-refractivity contribution in [3.63, 3.8) is 0 Å². The van der Waals surface area contributed by atoms with E-state index in [1.165, 1.54) is 14.0 Å². The van der Waals surface area contributed by atoms with Gasteiger partial charge in [0.2, 0.25) is 17.7 Å². The van der Waals surface area contributed by atoms with Crippen LogP contribution in [0.3, 0.4) is 0 Å². The summed E-state index contributed by atoms with van der Waals surface area (Å²) in [6, 6.07) is -0.823. The number of methoxy groups -OCH3 is 1. The van der Waals surface area contributed by atoms with Gasteiger partial charge in [-0.1, -0.05) is 0 Å². The van der Waals surface area contributed by atoms with Gasteiger partial charge >= 0.3 is 5.97 Å². The molecule has 0 saturated carbocycles. The molecule has 2 rings (SSSR count). The fourth-order valence-corrected chi connectivity index (χ4v) is 3.63. The van der Waals surface area contributed by atoms with Crippen LogP contribution in [-0.4, -0.2) is 60.4 Å². The molecule has 2 heterocycles. The Kier molecular flexibility index (Phi) is 5.46. The summed E-state index contributed by atoms with van der Waals surface area (Å²) in [4.78, 5) is 48.6. The Labute approximate surface area is 141 Å². The summed E-state index contributed by atoms with van der Waals surface area (Å²) in [5.41, 5.74) is -0.315. The largest absolute Gasteiger partial charge is 0.467 e. The van der Waals surface area contributed by atoms with Crippen molar-refractivity contribution in [3.05, 3.63) is 0 Å². The number of amides is 3. The van der Waals surface area contributed by atoms with Crippen LogP contribution in [0, 0.1) is 5.92 Å². The van der Waals surface area contributed by atoms with Crippen LogP contribution in [-0.2, 0) is 23.9 Å². The van der Waals surface area contributed by atoms with Gasteiger partial charge in [-0.25, -0.2) is 4.79 Å². The zero-order valence-electron chi connectivity index (χ0n) is 14.4. The number of piperidine rings is 1. The molecule has 2 N–H and O–H groups in total. The third-order valence-electron chi connectivity index (χ3n) is 4.95. The zero-order chi connectivity index (χ0) is 17.9. The lowest BCUT2D eigenvalue weighted by Gasteiger charge is -2.39. The number of nitrogens with one attached hydrogen (secondary N) is 2. The monoisotopic (exact) mass is 339 g/mol. The molecule has 2 aliphatic heterocycles. The predicted octanol–water partition coefficient (Wildman–Crippen LogP) is -0.429. The van der Waals surface area contributed by atoms with Crippen LogP contribution in [0.5, 0.6) is 0 Å². The van der Waals surface area contributed by atoms with E-state index in [-0.39, 0.29) is 35.6 Å². The highest BCUT2D eigenvalue weighted by Crippen LogP contribution is 2.36. The number of hydrogen-bond acceptors (Lipinski definition) is 5. The van der Waals surface area contributed by atoms with Gasteiger partial charge in [0.05, 0.1) is 7.11 Å². The fraction of sp³-hybridized carbons (Fsp3) is 0.750. The minimum atomic E-state index is -0.823. The van der Waals surface area contributed by atoms with E-state index in [1.807, 2.05) is 0 Å². The Morgan fingerprint density at radius 3 is 2.46 bits per heavy atom. The molecule has 2 aliphatic rings. The van der Waals surface area contributed by atoms with E-state index in [2.05, 4.69) is 10.6 Å². The van der Waals surface area contributed by atoms with Crippen molar-refractivity contribution < 1.29 is 23.9 Å². The Morgan fingerprint density at radius 2 is 1.96 bits per heavy atom.